The molecule has 0 aliphatic heterocycles. The van der Waals surface area contributed by atoms with Gasteiger partial charge in [0.05, 0.1) is 39.0 Å². The van der Waals surface area contributed by atoms with Crippen LogP contribution >= 0.6 is 11.6 Å². The molecule has 0 saturated heterocycles. The Morgan fingerprint density at radius 3 is 2.02 bits per heavy atom. The molecule has 45 heavy (non-hydrogen) atoms. The minimum atomic E-state index is -4.45. The van der Waals surface area contributed by atoms with E-state index in [9.17, 15) is 18.0 Å². The van der Waals surface area contributed by atoms with Gasteiger partial charge in [-0.05, 0) is 68.3 Å². The monoisotopic (exact) mass is 661 g/mol. The molecule has 3 rings (SSSR count). The first kappa shape index (κ1) is 35.3. The van der Waals surface area contributed by atoms with Crippen molar-refractivity contribution in [2.75, 3.05) is 39.3 Å². The molecule has 1 N–H and O–H groups in total. The molecular weight excluding hydrogens is 622 g/mol. The number of benzene rings is 3. The fourth-order valence-electron chi connectivity index (χ4n) is 4.70. The van der Waals surface area contributed by atoms with E-state index in [1.807, 2.05) is 13.8 Å². The highest BCUT2D eigenvalue weighted by atomic mass is 35.5. The summed E-state index contributed by atoms with van der Waals surface area (Å²) in [5.41, 5.74) is 0.756. The molecule has 2 amide bonds. The second-order valence-corrected chi connectivity index (χ2v) is 12.6. The van der Waals surface area contributed by atoms with Gasteiger partial charge in [-0.3, -0.25) is 13.9 Å². The Kier molecular flexibility index (Phi) is 12.3. The van der Waals surface area contributed by atoms with Gasteiger partial charge < -0.3 is 29.2 Å². The van der Waals surface area contributed by atoms with E-state index in [1.165, 1.54) is 56.6 Å². The maximum Gasteiger partial charge on any atom is 0.265 e. The van der Waals surface area contributed by atoms with Crippen molar-refractivity contribution in [3.8, 4) is 23.0 Å². The van der Waals surface area contributed by atoms with E-state index in [4.69, 9.17) is 30.5 Å². The topological polar surface area (TPSA) is 124 Å². The molecule has 0 aliphatic rings. The summed E-state index contributed by atoms with van der Waals surface area (Å²) >= 11 is 6.32. The van der Waals surface area contributed by atoms with Crippen LogP contribution in [0.3, 0.4) is 0 Å². The Labute approximate surface area is 270 Å². The standard InChI is InChI=1S/C32H40ClN3O8S/c1-8-26(32(38)34-21(2)3)35(19-22-9-12-24(41-4)13-10-22)31(37)20-36(27-17-23(33)11-15-28(27)42-5)45(39,40)25-14-16-29(43-6)30(18-25)44-7/h9-18,21,26H,8,19-20H2,1-7H3,(H,34,38)/t26-/m1/s1. The lowest BCUT2D eigenvalue weighted by Gasteiger charge is -2.34. The summed E-state index contributed by atoms with van der Waals surface area (Å²) in [6.07, 6.45) is 0.281. The molecule has 11 nitrogen and oxygen atoms in total. The maximum absolute atomic E-state index is 14.4. The van der Waals surface area contributed by atoms with Crippen LogP contribution in [0, 0.1) is 0 Å². The highest BCUT2D eigenvalue weighted by Gasteiger charge is 2.35. The smallest absolute Gasteiger partial charge is 0.265 e. The van der Waals surface area contributed by atoms with Gasteiger partial charge >= 0.3 is 0 Å². The van der Waals surface area contributed by atoms with E-state index in [-0.39, 0.29) is 52.0 Å². The first-order valence-electron chi connectivity index (χ1n) is 14.2. The number of amides is 2. The first-order valence-corrected chi connectivity index (χ1v) is 16.0. The molecule has 0 heterocycles. The van der Waals surface area contributed by atoms with E-state index < -0.39 is 28.5 Å². The summed E-state index contributed by atoms with van der Waals surface area (Å²) in [5, 5.41) is 3.10. The third kappa shape index (κ3) is 8.52. The normalized spacial score (nSPS) is 11.8. The number of carbonyl (C=O) groups excluding carboxylic acids is 2. The van der Waals surface area contributed by atoms with E-state index in [2.05, 4.69) is 5.32 Å². The molecule has 1 atom stereocenters. The Morgan fingerprint density at radius 1 is 0.844 bits per heavy atom. The fraction of sp³-hybridized carbons (Fsp3) is 0.375. The number of methoxy groups -OCH3 is 4. The van der Waals surface area contributed by atoms with Gasteiger partial charge in [-0.1, -0.05) is 30.7 Å². The quantitative estimate of drug-likeness (QED) is 0.244. The van der Waals surface area contributed by atoms with E-state index in [0.717, 1.165) is 9.87 Å². The zero-order valence-electron chi connectivity index (χ0n) is 26.5. The molecule has 0 unspecified atom stereocenters. The predicted octanol–water partition coefficient (Wildman–Crippen LogP) is 4.90. The number of nitrogens with one attached hydrogen (secondary N) is 1. The molecule has 0 saturated carbocycles. The second kappa shape index (κ2) is 15.7. The van der Waals surface area contributed by atoms with Gasteiger partial charge in [0.15, 0.2) is 11.5 Å². The zero-order valence-corrected chi connectivity index (χ0v) is 28.1. The van der Waals surface area contributed by atoms with Crippen LogP contribution < -0.4 is 28.6 Å². The summed E-state index contributed by atoms with van der Waals surface area (Å²) < 4.78 is 51.0. The van der Waals surface area contributed by atoms with Gasteiger partial charge in [-0.25, -0.2) is 8.42 Å². The van der Waals surface area contributed by atoms with Crippen molar-refractivity contribution in [2.45, 2.75) is 50.7 Å². The molecule has 0 aromatic heterocycles. The molecule has 0 bridgehead atoms. The van der Waals surface area contributed by atoms with E-state index in [0.29, 0.717) is 11.5 Å². The minimum absolute atomic E-state index is 0.0315. The van der Waals surface area contributed by atoms with Gasteiger partial charge in [0.1, 0.15) is 24.1 Å². The van der Waals surface area contributed by atoms with Crippen molar-refractivity contribution in [1.82, 2.24) is 10.2 Å². The lowest BCUT2D eigenvalue weighted by atomic mass is 10.1. The first-order chi connectivity index (χ1) is 21.4. The Bertz CT molecular complexity index is 1580. The largest absolute Gasteiger partial charge is 0.497 e. The summed E-state index contributed by atoms with van der Waals surface area (Å²) in [4.78, 5) is 28.9. The summed E-state index contributed by atoms with van der Waals surface area (Å²) in [5.74, 6) is 0.322. The Hall–Kier alpha value is -4.16. The third-order valence-electron chi connectivity index (χ3n) is 6.96. The molecule has 244 valence electrons. The highest BCUT2D eigenvalue weighted by Crippen LogP contribution is 2.37. The number of sulfonamides is 1. The number of halogens is 1. The van der Waals surface area contributed by atoms with Crippen LogP contribution in [-0.4, -0.2) is 72.2 Å². The number of anilines is 1. The lowest BCUT2D eigenvalue weighted by Crippen LogP contribution is -2.53. The zero-order chi connectivity index (χ0) is 33.3. The molecular formula is C32H40ClN3O8S. The number of carbonyl (C=O) groups is 2. The second-order valence-electron chi connectivity index (χ2n) is 10.3. The lowest BCUT2D eigenvalue weighted by molar-refractivity contribution is -0.140. The minimum Gasteiger partial charge on any atom is -0.497 e. The third-order valence-corrected chi connectivity index (χ3v) is 8.95. The summed E-state index contributed by atoms with van der Waals surface area (Å²) in [6.45, 7) is 4.79. The number of rotatable bonds is 15. The van der Waals surface area contributed by atoms with Gasteiger partial charge in [0.25, 0.3) is 10.0 Å². The SMILES string of the molecule is CC[C@H](C(=O)NC(C)C)N(Cc1ccc(OC)cc1)C(=O)CN(c1cc(Cl)ccc1OC)S(=O)(=O)c1ccc(OC)c(OC)c1. The van der Waals surface area contributed by atoms with Crippen LogP contribution in [0.5, 0.6) is 23.0 Å². The number of ether oxygens (including phenoxy) is 4. The van der Waals surface area contributed by atoms with E-state index >= 15 is 0 Å². The average molecular weight is 662 g/mol. The summed E-state index contributed by atoms with van der Waals surface area (Å²) in [6, 6.07) is 14.6. The van der Waals surface area contributed by atoms with Crippen LogP contribution in [0.15, 0.2) is 65.6 Å². The molecule has 3 aromatic carbocycles. The van der Waals surface area contributed by atoms with Crippen molar-refractivity contribution in [3.05, 3.63) is 71.2 Å². The highest BCUT2D eigenvalue weighted by molar-refractivity contribution is 7.92. The van der Waals surface area contributed by atoms with Crippen LogP contribution in [0.4, 0.5) is 5.69 Å². The van der Waals surface area contributed by atoms with Crippen LogP contribution in [-0.2, 0) is 26.2 Å². The van der Waals surface area contributed by atoms with Gasteiger partial charge in [0.2, 0.25) is 11.8 Å². The molecule has 0 fully saturated rings. The number of hydrogen-bond donors (Lipinski definition) is 1. The van der Waals surface area contributed by atoms with Gasteiger partial charge in [0, 0.05) is 23.7 Å². The molecule has 13 heteroatoms. The van der Waals surface area contributed by atoms with Crippen LogP contribution in [0.2, 0.25) is 5.02 Å². The van der Waals surface area contributed by atoms with Gasteiger partial charge in [-0.15, -0.1) is 0 Å². The van der Waals surface area contributed by atoms with Crippen molar-refractivity contribution < 1.29 is 37.0 Å². The van der Waals surface area contributed by atoms with Crippen molar-refractivity contribution >= 4 is 39.1 Å². The van der Waals surface area contributed by atoms with Gasteiger partial charge in [-0.2, -0.15) is 0 Å². The number of hydrogen-bond acceptors (Lipinski definition) is 8. The van der Waals surface area contributed by atoms with Crippen molar-refractivity contribution in [1.29, 1.82) is 0 Å². The molecule has 0 aliphatic carbocycles. The van der Waals surface area contributed by atoms with Crippen LogP contribution in [0.1, 0.15) is 32.8 Å². The van der Waals surface area contributed by atoms with Crippen molar-refractivity contribution in [2.24, 2.45) is 0 Å². The van der Waals surface area contributed by atoms with E-state index in [1.54, 1.807) is 44.4 Å². The van der Waals surface area contributed by atoms with Crippen molar-refractivity contribution in [3.63, 3.8) is 0 Å². The average Bonchev–Trinajstić information content (AvgIpc) is 3.02. The Morgan fingerprint density at radius 2 is 1.47 bits per heavy atom. The summed E-state index contributed by atoms with van der Waals surface area (Å²) in [7, 11) is 1.31. The maximum atomic E-state index is 14.4. The molecule has 0 spiro atoms. The predicted molar refractivity (Wildman–Crippen MR) is 173 cm³/mol. The molecule has 3 aromatic rings. The Balaban J connectivity index is 2.17. The number of nitrogens with zero attached hydrogens (tertiary/aromatic N) is 2. The van der Waals surface area contributed by atoms with Crippen LogP contribution in [0.25, 0.3) is 0 Å². The fourth-order valence-corrected chi connectivity index (χ4v) is 6.30. The molecule has 0 radical (unpaired) electrons.